The molecule has 20 heavy (non-hydrogen) atoms. The molecule has 0 aliphatic heterocycles. The first-order valence-corrected chi connectivity index (χ1v) is 7.57. The summed E-state index contributed by atoms with van der Waals surface area (Å²) in [6.07, 6.45) is 0.871. The molecule has 2 rings (SSSR count). The Hall–Kier alpha value is -1.69. The zero-order valence-corrected chi connectivity index (χ0v) is 13.4. The van der Waals surface area contributed by atoms with Gasteiger partial charge in [-0.1, -0.05) is 6.92 Å². The molecule has 2 aromatic heterocycles. The molecule has 0 aliphatic rings. The molecule has 2 heterocycles. The van der Waals surface area contributed by atoms with E-state index in [1.54, 1.807) is 11.3 Å². The monoisotopic (exact) mass is 291 g/mol. The highest BCUT2D eigenvalue weighted by Crippen LogP contribution is 2.27. The summed E-state index contributed by atoms with van der Waals surface area (Å²) in [6, 6.07) is 0.0962. The first kappa shape index (κ1) is 14.7. The molecule has 5 nitrogen and oxygen atoms in total. The minimum atomic E-state index is 0.0962. The largest absolute Gasteiger partial charge is 0.368 e. The van der Waals surface area contributed by atoms with Gasteiger partial charge in [0.2, 0.25) is 5.95 Å². The normalized spacial score (nSPS) is 12.4. The van der Waals surface area contributed by atoms with Crippen molar-refractivity contribution < 1.29 is 0 Å². The molecule has 6 heteroatoms. The van der Waals surface area contributed by atoms with Crippen molar-refractivity contribution in [1.82, 2.24) is 15.0 Å². The topological polar surface area (TPSA) is 76.7 Å². The van der Waals surface area contributed by atoms with E-state index in [0.29, 0.717) is 5.95 Å². The van der Waals surface area contributed by atoms with Gasteiger partial charge in [0.05, 0.1) is 16.7 Å². The van der Waals surface area contributed by atoms with Gasteiger partial charge in [0.25, 0.3) is 0 Å². The van der Waals surface area contributed by atoms with Gasteiger partial charge in [-0.3, -0.25) is 0 Å². The standard InChI is InChI=1S/C14H21N5S/c1-6-11-7(2)17-14(15)19-13(11)16-8(3)12-9(4)20-10(5)18-12/h8H,6H2,1-5H3,(H3,15,16,17,19)/t8-/m1/s1. The number of thiazole rings is 1. The van der Waals surface area contributed by atoms with Crippen LogP contribution in [0.1, 0.15) is 46.7 Å². The first-order chi connectivity index (χ1) is 9.42. The van der Waals surface area contributed by atoms with Gasteiger partial charge >= 0.3 is 0 Å². The third kappa shape index (κ3) is 2.90. The predicted molar refractivity (Wildman–Crippen MR) is 84.2 cm³/mol. The fourth-order valence-electron chi connectivity index (χ4n) is 2.38. The molecular weight excluding hydrogens is 270 g/mol. The van der Waals surface area contributed by atoms with Crippen molar-refractivity contribution in [3.63, 3.8) is 0 Å². The lowest BCUT2D eigenvalue weighted by molar-refractivity contribution is 0.821. The Kier molecular flexibility index (Phi) is 4.23. The number of aromatic nitrogens is 3. The van der Waals surface area contributed by atoms with Crippen LogP contribution in [0.15, 0.2) is 0 Å². The van der Waals surface area contributed by atoms with Gasteiger partial charge in [-0.2, -0.15) is 4.98 Å². The lowest BCUT2D eigenvalue weighted by atomic mass is 10.1. The smallest absolute Gasteiger partial charge is 0.222 e. The van der Waals surface area contributed by atoms with E-state index in [-0.39, 0.29) is 6.04 Å². The van der Waals surface area contributed by atoms with E-state index >= 15 is 0 Å². The van der Waals surface area contributed by atoms with Crippen molar-refractivity contribution in [3.05, 3.63) is 26.8 Å². The molecule has 0 saturated heterocycles. The van der Waals surface area contributed by atoms with Crippen molar-refractivity contribution in [3.8, 4) is 0 Å². The van der Waals surface area contributed by atoms with E-state index in [2.05, 4.69) is 41.0 Å². The zero-order chi connectivity index (χ0) is 14.9. The van der Waals surface area contributed by atoms with Crippen molar-refractivity contribution in [2.45, 2.75) is 47.1 Å². The molecule has 0 aromatic carbocycles. The third-order valence-corrected chi connectivity index (χ3v) is 4.19. The SMILES string of the molecule is CCc1c(C)nc(N)nc1N[C@H](C)c1nc(C)sc1C. The molecule has 2 aromatic rings. The molecule has 0 unspecified atom stereocenters. The molecule has 0 spiro atoms. The summed E-state index contributed by atoms with van der Waals surface area (Å²) in [5, 5.41) is 4.51. The minimum Gasteiger partial charge on any atom is -0.368 e. The molecule has 0 amide bonds. The Morgan fingerprint density at radius 2 is 1.90 bits per heavy atom. The summed E-state index contributed by atoms with van der Waals surface area (Å²) >= 11 is 1.72. The number of nitrogen functional groups attached to an aromatic ring is 1. The second kappa shape index (κ2) is 5.75. The average Bonchev–Trinajstić information content (AvgIpc) is 2.68. The Morgan fingerprint density at radius 1 is 1.20 bits per heavy atom. The van der Waals surface area contributed by atoms with Crippen LogP contribution in [0.25, 0.3) is 0 Å². The van der Waals surface area contributed by atoms with E-state index < -0.39 is 0 Å². The van der Waals surface area contributed by atoms with E-state index in [1.807, 2.05) is 13.8 Å². The van der Waals surface area contributed by atoms with Crippen LogP contribution in [0, 0.1) is 20.8 Å². The van der Waals surface area contributed by atoms with Gasteiger partial charge in [-0.05, 0) is 34.1 Å². The van der Waals surface area contributed by atoms with Crippen LogP contribution < -0.4 is 11.1 Å². The molecule has 108 valence electrons. The number of aryl methyl sites for hydroxylation is 3. The minimum absolute atomic E-state index is 0.0962. The Bertz CT molecular complexity index is 620. The number of nitrogens with two attached hydrogens (primary N) is 1. The zero-order valence-electron chi connectivity index (χ0n) is 12.6. The summed E-state index contributed by atoms with van der Waals surface area (Å²) in [5.74, 6) is 1.12. The molecular formula is C14H21N5S. The quantitative estimate of drug-likeness (QED) is 0.904. The molecule has 0 aliphatic carbocycles. The lowest BCUT2D eigenvalue weighted by Crippen LogP contribution is -2.14. The number of nitrogens with one attached hydrogen (secondary N) is 1. The van der Waals surface area contributed by atoms with Gasteiger partial charge < -0.3 is 11.1 Å². The van der Waals surface area contributed by atoms with Gasteiger partial charge in [0, 0.05) is 16.1 Å². The number of hydrogen-bond acceptors (Lipinski definition) is 6. The fourth-order valence-corrected chi connectivity index (χ4v) is 3.29. The van der Waals surface area contributed by atoms with Gasteiger partial charge in [0.1, 0.15) is 5.82 Å². The van der Waals surface area contributed by atoms with Crippen molar-refractivity contribution in [2.24, 2.45) is 0 Å². The Morgan fingerprint density at radius 3 is 2.45 bits per heavy atom. The average molecular weight is 291 g/mol. The van der Waals surface area contributed by atoms with Gasteiger partial charge in [-0.25, -0.2) is 9.97 Å². The second-order valence-corrected chi connectivity index (χ2v) is 6.30. The number of nitrogens with zero attached hydrogens (tertiary/aromatic N) is 3. The molecule has 0 bridgehead atoms. The van der Waals surface area contributed by atoms with E-state index in [0.717, 1.165) is 34.2 Å². The third-order valence-electron chi connectivity index (χ3n) is 3.29. The molecule has 1 atom stereocenters. The van der Waals surface area contributed by atoms with Crippen molar-refractivity contribution in [1.29, 1.82) is 0 Å². The van der Waals surface area contributed by atoms with Gasteiger partial charge in [0.15, 0.2) is 0 Å². The molecule has 0 radical (unpaired) electrons. The van der Waals surface area contributed by atoms with Crippen LogP contribution in [-0.2, 0) is 6.42 Å². The van der Waals surface area contributed by atoms with Crippen LogP contribution in [-0.4, -0.2) is 15.0 Å². The summed E-state index contributed by atoms with van der Waals surface area (Å²) in [4.78, 5) is 14.4. The molecule has 0 saturated carbocycles. The van der Waals surface area contributed by atoms with Crippen molar-refractivity contribution >= 4 is 23.1 Å². The summed E-state index contributed by atoms with van der Waals surface area (Å²) < 4.78 is 0. The highest BCUT2D eigenvalue weighted by Gasteiger charge is 2.16. The Balaban J connectivity index is 2.32. The summed E-state index contributed by atoms with van der Waals surface area (Å²) in [6.45, 7) is 10.3. The van der Waals surface area contributed by atoms with E-state index in [9.17, 15) is 0 Å². The van der Waals surface area contributed by atoms with Crippen molar-refractivity contribution in [2.75, 3.05) is 11.1 Å². The second-order valence-electron chi connectivity index (χ2n) is 4.89. The highest BCUT2D eigenvalue weighted by atomic mass is 32.1. The maximum atomic E-state index is 5.76. The highest BCUT2D eigenvalue weighted by molar-refractivity contribution is 7.11. The first-order valence-electron chi connectivity index (χ1n) is 6.75. The van der Waals surface area contributed by atoms with E-state index in [1.165, 1.54) is 4.88 Å². The van der Waals surface area contributed by atoms with Crippen LogP contribution in [0.2, 0.25) is 0 Å². The summed E-state index contributed by atoms with van der Waals surface area (Å²) in [5.41, 5.74) is 8.87. The molecule has 0 fully saturated rings. The number of hydrogen-bond donors (Lipinski definition) is 2. The van der Waals surface area contributed by atoms with Crippen LogP contribution >= 0.6 is 11.3 Å². The Labute approximate surface area is 123 Å². The van der Waals surface area contributed by atoms with Gasteiger partial charge in [-0.15, -0.1) is 11.3 Å². The number of rotatable bonds is 4. The maximum Gasteiger partial charge on any atom is 0.222 e. The van der Waals surface area contributed by atoms with E-state index in [4.69, 9.17) is 5.73 Å². The van der Waals surface area contributed by atoms with Crippen LogP contribution in [0.4, 0.5) is 11.8 Å². The fraction of sp³-hybridized carbons (Fsp3) is 0.500. The van der Waals surface area contributed by atoms with Crippen LogP contribution in [0.3, 0.4) is 0 Å². The molecule has 3 N–H and O–H groups in total. The lowest BCUT2D eigenvalue weighted by Gasteiger charge is -2.17. The predicted octanol–water partition coefficient (Wildman–Crippen LogP) is 3.18. The summed E-state index contributed by atoms with van der Waals surface area (Å²) in [7, 11) is 0. The van der Waals surface area contributed by atoms with Crippen LogP contribution in [0.5, 0.6) is 0 Å². The number of anilines is 2. The maximum absolute atomic E-state index is 5.76.